The molecule has 21 heavy (non-hydrogen) atoms. The Kier molecular flexibility index (Phi) is 5.26. The maximum atomic E-state index is 11.6. The predicted octanol–water partition coefficient (Wildman–Crippen LogP) is -0.583. The molecule has 2 rings (SSSR count). The Morgan fingerprint density at radius 3 is 2.76 bits per heavy atom. The summed E-state index contributed by atoms with van der Waals surface area (Å²) in [6.45, 7) is 1.36. The summed E-state index contributed by atoms with van der Waals surface area (Å²) in [5.41, 5.74) is 0.313. The summed E-state index contributed by atoms with van der Waals surface area (Å²) in [4.78, 5) is 0. The van der Waals surface area contributed by atoms with Crippen LogP contribution in [0.3, 0.4) is 0 Å². The van der Waals surface area contributed by atoms with Gasteiger partial charge in [-0.1, -0.05) is 18.2 Å². The van der Waals surface area contributed by atoms with Crippen molar-refractivity contribution in [3.8, 4) is 5.75 Å². The van der Waals surface area contributed by atoms with Crippen LogP contribution in [0.4, 0.5) is 0 Å². The number of benzene rings is 1. The van der Waals surface area contributed by atoms with Crippen LogP contribution in [0.2, 0.25) is 0 Å². The number of hydrogen-bond donors (Lipinski definition) is 2. The monoisotopic (exact) mass is 313 g/mol. The number of hydrogen-bond acceptors (Lipinski definition) is 5. The van der Waals surface area contributed by atoms with Crippen molar-refractivity contribution < 1.29 is 23.2 Å². The lowest BCUT2D eigenvalue weighted by molar-refractivity contribution is 0.181. The molecule has 0 radical (unpaired) electrons. The van der Waals surface area contributed by atoms with Gasteiger partial charge in [0.15, 0.2) is 0 Å². The van der Waals surface area contributed by atoms with Gasteiger partial charge in [-0.3, -0.25) is 0 Å². The highest BCUT2D eigenvalue weighted by atomic mass is 32.2. The second-order valence-electron chi connectivity index (χ2n) is 5.35. The van der Waals surface area contributed by atoms with E-state index in [0.29, 0.717) is 30.9 Å². The van der Waals surface area contributed by atoms with Crippen molar-refractivity contribution >= 4 is 22.6 Å². The second kappa shape index (κ2) is 6.78. The normalized spacial score (nSPS) is 20.2. The molecular weight excluding hydrogens is 293 g/mol. The van der Waals surface area contributed by atoms with E-state index in [4.69, 9.17) is 4.74 Å². The van der Waals surface area contributed by atoms with Gasteiger partial charge in [-0.15, -0.1) is 0 Å². The van der Waals surface area contributed by atoms with Gasteiger partial charge >= 0.3 is 7.12 Å². The molecule has 116 valence electrons. The third-order valence-corrected chi connectivity index (χ3v) is 4.89. The lowest BCUT2D eigenvalue weighted by atomic mass is 9.79. The van der Waals surface area contributed by atoms with Gasteiger partial charge in [-0.2, -0.15) is 0 Å². The summed E-state index contributed by atoms with van der Waals surface area (Å²) >= 11 is 0. The largest absolute Gasteiger partial charge is 0.494 e. The zero-order valence-electron chi connectivity index (χ0n) is 12.0. The summed E-state index contributed by atoms with van der Waals surface area (Å²) in [7, 11) is -4.75. The van der Waals surface area contributed by atoms with Gasteiger partial charge in [0, 0.05) is 24.5 Å². The summed E-state index contributed by atoms with van der Waals surface area (Å²) in [5, 5.41) is 18.6. The van der Waals surface area contributed by atoms with Crippen molar-refractivity contribution in [2.45, 2.75) is 12.8 Å². The minimum Gasteiger partial charge on any atom is -0.494 e. The topological polar surface area (TPSA) is 87.1 Å². The smallest absolute Gasteiger partial charge is 0.492 e. The third kappa shape index (κ3) is 4.44. The lowest BCUT2D eigenvalue weighted by Crippen LogP contribution is -2.41. The molecule has 8 heteroatoms. The molecule has 1 saturated heterocycles. The van der Waals surface area contributed by atoms with Crippen LogP contribution in [0.5, 0.6) is 5.75 Å². The zero-order chi connectivity index (χ0) is 15.5. The van der Waals surface area contributed by atoms with Crippen molar-refractivity contribution in [1.29, 1.82) is 0 Å². The Bertz CT molecular complexity index is 578. The lowest BCUT2D eigenvalue weighted by Gasteiger charge is -2.30. The third-order valence-electron chi connectivity index (χ3n) is 3.62. The SMILES string of the molecule is CS(=O)(=O)N1CCCC(COc2ccccc2B(O)O)C1. The highest BCUT2D eigenvalue weighted by Crippen LogP contribution is 2.20. The maximum absolute atomic E-state index is 11.6. The standard InChI is InChI=1S/C13H20BNO5S/c1-21(18,19)15-8-4-5-11(9-15)10-20-13-7-3-2-6-12(13)14(16)17/h2-3,6-7,11,16-17H,4-5,8-10H2,1H3. The molecule has 1 aromatic rings. The van der Waals surface area contributed by atoms with E-state index in [-0.39, 0.29) is 5.92 Å². The molecular formula is C13H20BNO5S. The predicted molar refractivity (Wildman–Crippen MR) is 80.9 cm³/mol. The van der Waals surface area contributed by atoms with E-state index in [9.17, 15) is 18.5 Å². The molecule has 0 saturated carbocycles. The van der Waals surface area contributed by atoms with Gasteiger partial charge in [0.25, 0.3) is 0 Å². The molecule has 0 aromatic heterocycles. The summed E-state index contributed by atoms with van der Waals surface area (Å²) < 4.78 is 30.3. The molecule has 0 spiro atoms. The van der Waals surface area contributed by atoms with Gasteiger partial charge in [-0.25, -0.2) is 12.7 Å². The zero-order valence-corrected chi connectivity index (χ0v) is 12.8. The first-order chi connectivity index (χ1) is 9.88. The Morgan fingerprint density at radius 1 is 1.38 bits per heavy atom. The minimum atomic E-state index is -3.17. The number of nitrogens with zero attached hydrogens (tertiary/aromatic N) is 1. The fourth-order valence-corrected chi connectivity index (χ4v) is 3.44. The van der Waals surface area contributed by atoms with E-state index in [1.54, 1.807) is 24.3 Å². The van der Waals surface area contributed by atoms with Crippen molar-refractivity contribution in [3.05, 3.63) is 24.3 Å². The minimum absolute atomic E-state index is 0.109. The van der Waals surface area contributed by atoms with Gasteiger partial charge in [0.1, 0.15) is 5.75 Å². The first-order valence-electron chi connectivity index (χ1n) is 6.91. The number of sulfonamides is 1. The van der Waals surface area contributed by atoms with Gasteiger partial charge in [0.2, 0.25) is 10.0 Å². The second-order valence-corrected chi connectivity index (χ2v) is 7.33. The Labute approximate surface area is 125 Å². The van der Waals surface area contributed by atoms with Crippen molar-refractivity contribution in [2.75, 3.05) is 26.0 Å². The van der Waals surface area contributed by atoms with Crippen LogP contribution in [-0.2, 0) is 10.0 Å². The number of para-hydroxylation sites is 1. The van der Waals surface area contributed by atoms with Crippen molar-refractivity contribution in [2.24, 2.45) is 5.92 Å². The quantitative estimate of drug-likeness (QED) is 0.710. The average molecular weight is 313 g/mol. The maximum Gasteiger partial charge on any atom is 0.492 e. The molecule has 1 aromatic carbocycles. The molecule has 1 aliphatic rings. The molecule has 1 aliphatic heterocycles. The fraction of sp³-hybridized carbons (Fsp3) is 0.538. The van der Waals surface area contributed by atoms with E-state index in [0.717, 1.165) is 12.8 Å². The Balaban J connectivity index is 1.97. The van der Waals surface area contributed by atoms with Gasteiger partial charge in [-0.05, 0) is 18.9 Å². The Morgan fingerprint density at radius 2 is 2.10 bits per heavy atom. The first kappa shape index (κ1) is 16.3. The van der Waals surface area contributed by atoms with E-state index < -0.39 is 17.1 Å². The molecule has 1 fully saturated rings. The number of rotatable bonds is 5. The van der Waals surface area contributed by atoms with Crippen LogP contribution >= 0.6 is 0 Å². The first-order valence-corrected chi connectivity index (χ1v) is 8.75. The van der Waals surface area contributed by atoms with Gasteiger partial charge in [0.05, 0.1) is 12.9 Å². The van der Waals surface area contributed by atoms with E-state index in [1.165, 1.54) is 10.6 Å². The highest BCUT2D eigenvalue weighted by Gasteiger charge is 2.26. The molecule has 1 unspecified atom stereocenters. The Hall–Kier alpha value is -1.09. The molecule has 1 atom stereocenters. The van der Waals surface area contributed by atoms with Crippen LogP contribution in [-0.4, -0.2) is 55.8 Å². The average Bonchev–Trinajstić information content (AvgIpc) is 2.45. The highest BCUT2D eigenvalue weighted by molar-refractivity contribution is 7.88. The van der Waals surface area contributed by atoms with Crippen LogP contribution in [0.15, 0.2) is 24.3 Å². The van der Waals surface area contributed by atoms with Crippen molar-refractivity contribution in [1.82, 2.24) is 4.31 Å². The van der Waals surface area contributed by atoms with E-state index >= 15 is 0 Å². The molecule has 6 nitrogen and oxygen atoms in total. The molecule has 1 heterocycles. The molecule has 0 aliphatic carbocycles. The number of piperidine rings is 1. The van der Waals surface area contributed by atoms with Crippen LogP contribution < -0.4 is 10.2 Å². The van der Waals surface area contributed by atoms with Crippen LogP contribution in [0.1, 0.15) is 12.8 Å². The van der Waals surface area contributed by atoms with E-state index in [1.807, 2.05) is 0 Å². The van der Waals surface area contributed by atoms with Crippen LogP contribution in [0, 0.1) is 5.92 Å². The van der Waals surface area contributed by atoms with E-state index in [2.05, 4.69) is 0 Å². The van der Waals surface area contributed by atoms with Crippen molar-refractivity contribution in [3.63, 3.8) is 0 Å². The fourth-order valence-electron chi connectivity index (χ4n) is 2.50. The summed E-state index contributed by atoms with van der Waals surface area (Å²) in [5.74, 6) is 0.529. The van der Waals surface area contributed by atoms with Crippen LogP contribution in [0.25, 0.3) is 0 Å². The summed E-state index contributed by atoms with van der Waals surface area (Å²) in [6.07, 6.45) is 2.93. The molecule has 0 bridgehead atoms. The summed E-state index contributed by atoms with van der Waals surface area (Å²) in [6, 6.07) is 6.72. The number of ether oxygens (including phenoxy) is 1. The molecule has 2 N–H and O–H groups in total. The molecule has 0 amide bonds. The van der Waals surface area contributed by atoms with Gasteiger partial charge < -0.3 is 14.8 Å².